The van der Waals surface area contributed by atoms with Crippen molar-refractivity contribution in [2.75, 3.05) is 30.5 Å². The molecule has 96 valence electrons. The van der Waals surface area contributed by atoms with Crippen LogP contribution in [0.3, 0.4) is 0 Å². The number of nitrogen functional groups attached to an aromatic ring is 1. The molecule has 0 atom stereocenters. The van der Waals surface area contributed by atoms with Crippen LogP contribution < -0.4 is 16.6 Å². The van der Waals surface area contributed by atoms with E-state index in [0.29, 0.717) is 5.82 Å². The third kappa shape index (κ3) is 4.54. The van der Waals surface area contributed by atoms with Gasteiger partial charge in [-0.15, -0.1) is 0 Å². The first kappa shape index (κ1) is 13.7. The Kier molecular flexibility index (Phi) is 6.27. The molecule has 0 bridgehead atoms. The quantitative estimate of drug-likeness (QED) is 0.360. The van der Waals surface area contributed by atoms with Crippen LogP contribution in [0.2, 0.25) is 0 Å². The van der Waals surface area contributed by atoms with Crippen molar-refractivity contribution in [3.63, 3.8) is 0 Å². The Balaban J connectivity index is 2.31. The molecule has 1 aromatic heterocycles. The van der Waals surface area contributed by atoms with E-state index < -0.39 is 0 Å². The second kappa shape index (κ2) is 7.81. The molecule has 1 rings (SSSR count). The highest BCUT2D eigenvalue weighted by atomic mass is 16.5. The molecule has 1 heterocycles. The van der Waals surface area contributed by atoms with E-state index in [4.69, 9.17) is 10.6 Å². The molecule has 0 radical (unpaired) electrons. The zero-order valence-electron chi connectivity index (χ0n) is 10.5. The van der Waals surface area contributed by atoms with Gasteiger partial charge in [-0.25, -0.2) is 15.8 Å². The molecular weight excluding hydrogens is 218 g/mol. The minimum Gasteiger partial charge on any atom is -0.381 e. The lowest BCUT2D eigenvalue weighted by Crippen LogP contribution is -2.13. The second-order valence-electron chi connectivity index (χ2n) is 3.73. The Bertz CT molecular complexity index is 332. The summed E-state index contributed by atoms with van der Waals surface area (Å²) in [6.07, 6.45) is 3.50. The number of hydrogen-bond acceptors (Lipinski definition) is 6. The van der Waals surface area contributed by atoms with Crippen molar-refractivity contribution < 1.29 is 4.74 Å². The van der Waals surface area contributed by atoms with Gasteiger partial charge in [0, 0.05) is 25.3 Å². The number of nitrogens with zero attached hydrogens (tertiary/aromatic N) is 2. The summed E-state index contributed by atoms with van der Waals surface area (Å²) < 4.78 is 5.39. The van der Waals surface area contributed by atoms with Crippen molar-refractivity contribution in [3.8, 4) is 0 Å². The van der Waals surface area contributed by atoms with Crippen LogP contribution >= 0.6 is 0 Å². The summed E-state index contributed by atoms with van der Waals surface area (Å²) in [7, 11) is 0. The maximum atomic E-state index is 5.39. The van der Waals surface area contributed by atoms with Gasteiger partial charge in [-0.05, 0) is 19.8 Å². The molecule has 0 aliphatic heterocycles. The van der Waals surface area contributed by atoms with Crippen LogP contribution in [-0.2, 0) is 4.74 Å². The average Bonchev–Trinajstić information content (AvgIpc) is 2.35. The van der Waals surface area contributed by atoms with E-state index in [9.17, 15) is 0 Å². The second-order valence-corrected chi connectivity index (χ2v) is 3.73. The number of nitrogens with two attached hydrogens (primary N) is 1. The van der Waals surface area contributed by atoms with E-state index in [1.54, 1.807) is 0 Å². The highest BCUT2D eigenvalue weighted by Gasteiger charge is 2.04. The van der Waals surface area contributed by atoms with Crippen molar-refractivity contribution in [2.45, 2.75) is 26.7 Å². The first-order chi connectivity index (χ1) is 8.29. The van der Waals surface area contributed by atoms with Crippen LogP contribution in [0.25, 0.3) is 0 Å². The van der Waals surface area contributed by atoms with Crippen molar-refractivity contribution >= 4 is 11.6 Å². The van der Waals surface area contributed by atoms with Gasteiger partial charge in [0.25, 0.3) is 0 Å². The highest BCUT2D eigenvalue weighted by Crippen LogP contribution is 2.16. The molecular formula is C11H21N5O. The van der Waals surface area contributed by atoms with E-state index >= 15 is 0 Å². The Labute approximate surface area is 102 Å². The number of anilines is 2. The molecule has 1 aromatic rings. The van der Waals surface area contributed by atoms with E-state index in [2.05, 4.69) is 27.6 Å². The number of hydrazine groups is 1. The Morgan fingerprint density at radius 3 is 2.76 bits per heavy atom. The number of aromatic nitrogens is 2. The van der Waals surface area contributed by atoms with Crippen LogP contribution in [0.4, 0.5) is 11.6 Å². The lowest BCUT2D eigenvalue weighted by Gasteiger charge is -2.10. The lowest BCUT2D eigenvalue weighted by molar-refractivity contribution is 0.134. The van der Waals surface area contributed by atoms with Crippen molar-refractivity contribution in [1.29, 1.82) is 0 Å². The Hall–Kier alpha value is -1.40. The predicted octanol–water partition coefficient (Wildman–Crippen LogP) is 1.30. The molecule has 0 fully saturated rings. The van der Waals surface area contributed by atoms with E-state index in [1.807, 2.05) is 6.92 Å². The molecule has 0 amide bonds. The summed E-state index contributed by atoms with van der Waals surface area (Å²) in [5.74, 6) is 6.79. The third-order valence-electron chi connectivity index (χ3n) is 2.33. The Morgan fingerprint density at radius 1 is 1.29 bits per heavy atom. The normalized spacial score (nSPS) is 10.3. The third-order valence-corrected chi connectivity index (χ3v) is 2.33. The smallest absolute Gasteiger partial charge is 0.148 e. The molecule has 6 heteroatoms. The topological polar surface area (TPSA) is 85.1 Å². The molecule has 0 aliphatic rings. The maximum Gasteiger partial charge on any atom is 0.148 e. The number of ether oxygens (including phenoxy) is 1. The molecule has 0 spiro atoms. The molecule has 0 saturated carbocycles. The highest BCUT2D eigenvalue weighted by molar-refractivity contribution is 5.55. The SMILES string of the molecule is CCCOCCCNc1ncnc(NN)c1C. The van der Waals surface area contributed by atoms with Gasteiger partial charge in [-0.1, -0.05) is 6.92 Å². The van der Waals surface area contributed by atoms with Gasteiger partial charge in [-0.2, -0.15) is 0 Å². The van der Waals surface area contributed by atoms with Crippen LogP contribution in [0.5, 0.6) is 0 Å². The predicted molar refractivity (Wildman–Crippen MR) is 68.8 cm³/mol. The summed E-state index contributed by atoms with van der Waals surface area (Å²) in [6.45, 7) is 6.45. The monoisotopic (exact) mass is 239 g/mol. The van der Waals surface area contributed by atoms with Gasteiger partial charge in [0.15, 0.2) is 0 Å². The van der Waals surface area contributed by atoms with Gasteiger partial charge in [0.2, 0.25) is 0 Å². The molecule has 4 N–H and O–H groups in total. The average molecular weight is 239 g/mol. The Morgan fingerprint density at radius 2 is 2.06 bits per heavy atom. The summed E-state index contributed by atoms with van der Waals surface area (Å²) in [5.41, 5.74) is 3.46. The summed E-state index contributed by atoms with van der Waals surface area (Å²) in [6, 6.07) is 0. The minimum absolute atomic E-state index is 0.643. The van der Waals surface area contributed by atoms with E-state index in [-0.39, 0.29) is 0 Å². The van der Waals surface area contributed by atoms with Gasteiger partial charge in [0.1, 0.15) is 18.0 Å². The number of nitrogens with one attached hydrogen (secondary N) is 2. The molecule has 0 saturated heterocycles. The summed E-state index contributed by atoms with van der Waals surface area (Å²) >= 11 is 0. The van der Waals surface area contributed by atoms with Crippen LogP contribution in [0.1, 0.15) is 25.3 Å². The largest absolute Gasteiger partial charge is 0.381 e. The number of hydrogen-bond donors (Lipinski definition) is 3. The standard InChI is InChI=1S/C11H21N5O/c1-3-6-17-7-4-5-13-10-9(2)11(16-12)15-8-14-10/h8H,3-7,12H2,1-2H3,(H2,13,14,15,16). The van der Waals surface area contributed by atoms with Crippen LogP contribution in [0.15, 0.2) is 6.33 Å². The zero-order valence-corrected chi connectivity index (χ0v) is 10.5. The van der Waals surface area contributed by atoms with Crippen molar-refractivity contribution in [1.82, 2.24) is 9.97 Å². The zero-order chi connectivity index (χ0) is 12.5. The van der Waals surface area contributed by atoms with Crippen molar-refractivity contribution in [3.05, 3.63) is 11.9 Å². The van der Waals surface area contributed by atoms with E-state index in [1.165, 1.54) is 6.33 Å². The summed E-state index contributed by atoms with van der Waals surface area (Å²) in [5, 5.41) is 3.24. The van der Waals surface area contributed by atoms with Crippen LogP contribution in [0, 0.1) is 6.92 Å². The van der Waals surface area contributed by atoms with Crippen molar-refractivity contribution in [2.24, 2.45) is 5.84 Å². The number of rotatable bonds is 8. The van der Waals surface area contributed by atoms with Gasteiger partial charge >= 0.3 is 0 Å². The first-order valence-corrected chi connectivity index (χ1v) is 5.89. The maximum absolute atomic E-state index is 5.39. The molecule has 17 heavy (non-hydrogen) atoms. The molecule has 6 nitrogen and oxygen atoms in total. The molecule has 0 aliphatic carbocycles. The minimum atomic E-state index is 0.643. The lowest BCUT2D eigenvalue weighted by atomic mass is 10.3. The fourth-order valence-electron chi connectivity index (χ4n) is 1.40. The molecule has 0 unspecified atom stereocenters. The van der Waals surface area contributed by atoms with Gasteiger partial charge < -0.3 is 15.5 Å². The summed E-state index contributed by atoms with van der Waals surface area (Å²) in [4.78, 5) is 8.18. The van der Waals surface area contributed by atoms with E-state index in [0.717, 1.165) is 44.0 Å². The first-order valence-electron chi connectivity index (χ1n) is 5.89. The molecule has 0 aromatic carbocycles. The fourth-order valence-corrected chi connectivity index (χ4v) is 1.40. The van der Waals surface area contributed by atoms with Crippen LogP contribution in [-0.4, -0.2) is 29.7 Å². The fraction of sp³-hybridized carbons (Fsp3) is 0.636. The van der Waals surface area contributed by atoms with Gasteiger partial charge in [0.05, 0.1) is 0 Å². The van der Waals surface area contributed by atoms with Gasteiger partial charge in [-0.3, -0.25) is 0 Å².